The van der Waals surface area contributed by atoms with Gasteiger partial charge in [-0.05, 0) is 37.5 Å². The molecule has 88 valence electrons. The van der Waals surface area contributed by atoms with Crippen molar-refractivity contribution in [2.24, 2.45) is 5.73 Å². The fourth-order valence-electron chi connectivity index (χ4n) is 1.79. The van der Waals surface area contributed by atoms with Crippen molar-refractivity contribution in [1.29, 1.82) is 0 Å². The molecule has 0 aliphatic heterocycles. The first kappa shape index (κ1) is 11.7. The summed E-state index contributed by atoms with van der Waals surface area (Å²) in [6.07, 6.45) is 0.964. The maximum atomic E-state index is 10.2. The Hall–Kier alpha value is -0.770. The van der Waals surface area contributed by atoms with Crippen LogP contribution in [0.5, 0.6) is 5.75 Å². The van der Waals surface area contributed by atoms with Crippen LogP contribution in [-0.4, -0.2) is 17.8 Å². The van der Waals surface area contributed by atoms with E-state index in [9.17, 15) is 5.11 Å². The van der Waals surface area contributed by atoms with Crippen LogP contribution < -0.4 is 10.5 Å². The van der Waals surface area contributed by atoms with Crippen LogP contribution in [-0.2, 0) is 0 Å². The molecular formula is C12H16ClNO2. The number of aryl methyl sites for hydroxylation is 1. The number of benzene rings is 1. The largest absolute Gasteiger partial charge is 0.496 e. The van der Waals surface area contributed by atoms with E-state index in [0.717, 1.165) is 18.4 Å². The first-order valence-electron chi connectivity index (χ1n) is 5.29. The summed E-state index contributed by atoms with van der Waals surface area (Å²) in [5, 5.41) is 10.8. The average molecular weight is 242 g/mol. The van der Waals surface area contributed by atoms with Gasteiger partial charge in [-0.1, -0.05) is 11.6 Å². The highest BCUT2D eigenvalue weighted by Gasteiger charge is 2.46. The highest BCUT2D eigenvalue weighted by molar-refractivity contribution is 6.31. The van der Waals surface area contributed by atoms with Crippen LogP contribution in [0.1, 0.15) is 30.1 Å². The third kappa shape index (κ3) is 1.90. The maximum absolute atomic E-state index is 10.2. The van der Waals surface area contributed by atoms with E-state index in [1.165, 1.54) is 0 Å². The number of rotatable bonds is 3. The normalized spacial score (nSPS) is 19.3. The van der Waals surface area contributed by atoms with Gasteiger partial charge >= 0.3 is 0 Å². The summed E-state index contributed by atoms with van der Waals surface area (Å²) in [4.78, 5) is 0. The second kappa shape index (κ2) is 3.91. The third-order valence-electron chi connectivity index (χ3n) is 3.18. The topological polar surface area (TPSA) is 55.5 Å². The summed E-state index contributed by atoms with van der Waals surface area (Å²) in [5.41, 5.74) is 7.10. The quantitative estimate of drug-likeness (QED) is 0.853. The van der Waals surface area contributed by atoms with Crippen LogP contribution in [0, 0.1) is 6.92 Å². The molecule has 0 amide bonds. The second-order valence-electron chi connectivity index (χ2n) is 4.48. The minimum absolute atomic E-state index is 0.494. The van der Waals surface area contributed by atoms with Crippen molar-refractivity contribution in [2.75, 3.05) is 7.11 Å². The van der Waals surface area contributed by atoms with Crippen molar-refractivity contribution < 1.29 is 9.84 Å². The predicted molar refractivity (Wildman–Crippen MR) is 63.9 cm³/mol. The van der Waals surface area contributed by atoms with Crippen LogP contribution in [0.15, 0.2) is 12.1 Å². The van der Waals surface area contributed by atoms with Gasteiger partial charge in [0.15, 0.2) is 0 Å². The van der Waals surface area contributed by atoms with E-state index in [4.69, 9.17) is 22.1 Å². The monoisotopic (exact) mass is 241 g/mol. The van der Waals surface area contributed by atoms with Crippen molar-refractivity contribution in [3.8, 4) is 5.75 Å². The van der Waals surface area contributed by atoms with Crippen LogP contribution in [0.3, 0.4) is 0 Å². The van der Waals surface area contributed by atoms with E-state index in [2.05, 4.69) is 0 Å². The van der Waals surface area contributed by atoms with Gasteiger partial charge in [0.05, 0.1) is 7.11 Å². The van der Waals surface area contributed by atoms with Crippen molar-refractivity contribution in [2.45, 2.75) is 31.4 Å². The number of aliphatic hydroxyl groups is 1. The number of ether oxygens (including phenoxy) is 1. The summed E-state index contributed by atoms with van der Waals surface area (Å²) in [6, 6.07) is 3.57. The molecule has 0 saturated heterocycles. The van der Waals surface area contributed by atoms with Crippen molar-refractivity contribution in [3.63, 3.8) is 0 Å². The highest BCUT2D eigenvalue weighted by Crippen LogP contribution is 2.46. The first-order chi connectivity index (χ1) is 7.48. The summed E-state index contributed by atoms with van der Waals surface area (Å²) in [7, 11) is 1.58. The Morgan fingerprint density at radius 1 is 1.50 bits per heavy atom. The summed E-state index contributed by atoms with van der Waals surface area (Å²) in [6.45, 7) is 1.90. The fraction of sp³-hybridized carbons (Fsp3) is 0.500. The molecule has 1 aromatic rings. The summed E-state index contributed by atoms with van der Waals surface area (Å²) in [5.74, 6) is 0.645. The minimum atomic E-state index is -0.708. The lowest BCUT2D eigenvalue weighted by atomic mass is 9.99. The van der Waals surface area contributed by atoms with Gasteiger partial charge in [-0.2, -0.15) is 0 Å². The van der Waals surface area contributed by atoms with Gasteiger partial charge in [0.1, 0.15) is 11.9 Å². The molecule has 1 aromatic carbocycles. The van der Waals surface area contributed by atoms with E-state index < -0.39 is 11.6 Å². The predicted octanol–water partition coefficient (Wildman–Crippen LogP) is 2.18. The van der Waals surface area contributed by atoms with E-state index >= 15 is 0 Å². The lowest BCUT2D eigenvalue weighted by Gasteiger charge is -2.21. The Labute approximate surface area is 100 Å². The SMILES string of the molecule is COc1cc(C)c(Cl)cc1C(O)C1(N)CC1. The molecule has 1 aliphatic carbocycles. The van der Waals surface area contributed by atoms with E-state index in [1.807, 2.05) is 13.0 Å². The van der Waals surface area contributed by atoms with E-state index in [1.54, 1.807) is 13.2 Å². The van der Waals surface area contributed by atoms with Gasteiger partial charge in [-0.15, -0.1) is 0 Å². The molecule has 1 fully saturated rings. The number of hydrogen-bond acceptors (Lipinski definition) is 3. The zero-order valence-corrected chi connectivity index (χ0v) is 10.2. The van der Waals surface area contributed by atoms with Gasteiger partial charge < -0.3 is 15.6 Å². The molecule has 1 unspecified atom stereocenters. The van der Waals surface area contributed by atoms with Gasteiger partial charge in [0.2, 0.25) is 0 Å². The molecule has 1 atom stereocenters. The Morgan fingerprint density at radius 2 is 2.12 bits per heavy atom. The molecule has 0 radical (unpaired) electrons. The number of hydrogen-bond donors (Lipinski definition) is 2. The van der Waals surface area contributed by atoms with Gasteiger partial charge in [0, 0.05) is 16.1 Å². The molecule has 2 rings (SSSR count). The molecule has 16 heavy (non-hydrogen) atoms. The Bertz CT molecular complexity index is 416. The molecule has 0 aromatic heterocycles. The van der Waals surface area contributed by atoms with Gasteiger partial charge in [0.25, 0.3) is 0 Å². The molecule has 0 bridgehead atoms. The third-order valence-corrected chi connectivity index (χ3v) is 3.58. The van der Waals surface area contributed by atoms with Crippen LogP contribution in [0.2, 0.25) is 5.02 Å². The second-order valence-corrected chi connectivity index (χ2v) is 4.89. The summed E-state index contributed by atoms with van der Waals surface area (Å²) < 4.78 is 5.25. The Morgan fingerprint density at radius 3 is 2.62 bits per heavy atom. The van der Waals surface area contributed by atoms with Crippen LogP contribution in [0.25, 0.3) is 0 Å². The zero-order chi connectivity index (χ0) is 11.9. The van der Waals surface area contributed by atoms with Crippen molar-refractivity contribution in [1.82, 2.24) is 0 Å². The lowest BCUT2D eigenvalue weighted by molar-refractivity contribution is 0.132. The Kier molecular flexibility index (Phi) is 2.86. The maximum Gasteiger partial charge on any atom is 0.125 e. The van der Waals surface area contributed by atoms with E-state index in [-0.39, 0.29) is 0 Å². The molecular weight excluding hydrogens is 226 g/mol. The first-order valence-corrected chi connectivity index (χ1v) is 5.67. The number of aliphatic hydroxyl groups excluding tert-OH is 1. The zero-order valence-electron chi connectivity index (χ0n) is 9.46. The van der Waals surface area contributed by atoms with Crippen LogP contribution >= 0.6 is 11.6 Å². The number of methoxy groups -OCH3 is 1. The number of nitrogens with two attached hydrogens (primary N) is 1. The van der Waals surface area contributed by atoms with Crippen molar-refractivity contribution >= 4 is 11.6 Å². The average Bonchev–Trinajstić information content (AvgIpc) is 3.00. The van der Waals surface area contributed by atoms with Crippen molar-refractivity contribution in [3.05, 3.63) is 28.3 Å². The molecule has 1 aliphatic rings. The molecule has 0 spiro atoms. The molecule has 3 N–H and O–H groups in total. The summed E-state index contributed by atoms with van der Waals surface area (Å²) >= 11 is 6.05. The fourth-order valence-corrected chi connectivity index (χ4v) is 1.96. The lowest BCUT2D eigenvalue weighted by Crippen LogP contribution is -2.30. The van der Waals surface area contributed by atoms with Gasteiger partial charge in [-0.25, -0.2) is 0 Å². The standard InChI is InChI=1S/C12H16ClNO2/c1-7-5-10(16-2)8(6-9(7)13)11(15)12(14)3-4-12/h5-6,11,15H,3-4,14H2,1-2H3. The van der Waals surface area contributed by atoms with Crippen LogP contribution in [0.4, 0.5) is 0 Å². The van der Waals surface area contributed by atoms with E-state index in [0.29, 0.717) is 16.3 Å². The Balaban J connectivity index is 2.42. The molecule has 4 heteroatoms. The number of halogens is 1. The molecule has 0 heterocycles. The molecule has 1 saturated carbocycles. The smallest absolute Gasteiger partial charge is 0.125 e. The highest BCUT2D eigenvalue weighted by atomic mass is 35.5. The minimum Gasteiger partial charge on any atom is -0.496 e. The van der Waals surface area contributed by atoms with Gasteiger partial charge in [-0.3, -0.25) is 0 Å². The molecule has 3 nitrogen and oxygen atoms in total.